The van der Waals surface area contributed by atoms with Crippen LogP contribution in [-0.2, 0) is 4.74 Å². The number of methoxy groups -OCH3 is 1. The number of benzene rings is 1. The number of fused-ring (bicyclic) bond motifs is 1. The van der Waals surface area contributed by atoms with Crippen LogP contribution in [0.3, 0.4) is 0 Å². The van der Waals surface area contributed by atoms with Gasteiger partial charge >= 0.3 is 12.0 Å². The van der Waals surface area contributed by atoms with Crippen molar-refractivity contribution in [3.63, 3.8) is 0 Å². The Morgan fingerprint density at radius 3 is 2.61 bits per heavy atom. The summed E-state index contributed by atoms with van der Waals surface area (Å²) in [5, 5.41) is 6.92. The molecule has 0 saturated carbocycles. The predicted molar refractivity (Wildman–Crippen MR) is 117 cm³/mol. The van der Waals surface area contributed by atoms with Gasteiger partial charge in [-0.3, -0.25) is 4.79 Å². The summed E-state index contributed by atoms with van der Waals surface area (Å²) in [6.45, 7) is 1.06. The minimum absolute atomic E-state index is 0.0643. The topological polar surface area (TPSA) is 119 Å². The number of ether oxygens (including phenoxy) is 1. The molecule has 1 aliphatic heterocycles. The number of urea groups is 1. The smallest absolute Gasteiger partial charge is 0.338 e. The van der Waals surface area contributed by atoms with Crippen LogP contribution in [0, 0.1) is 0 Å². The lowest BCUT2D eigenvalue weighted by molar-refractivity contribution is 0.0602. The molecule has 0 atom stereocenters. The van der Waals surface area contributed by atoms with Crippen LogP contribution in [-0.4, -0.2) is 59.0 Å². The van der Waals surface area contributed by atoms with Gasteiger partial charge in [-0.15, -0.1) is 0 Å². The summed E-state index contributed by atoms with van der Waals surface area (Å²) in [5.74, 6) is -0.585. The predicted octanol–water partition coefficient (Wildman–Crippen LogP) is 3.36. The highest BCUT2D eigenvalue weighted by Crippen LogP contribution is 2.24. The van der Waals surface area contributed by atoms with Gasteiger partial charge in [0.2, 0.25) is 0 Å². The summed E-state index contributed by atoms with van der Waals surface area (Å²) < 4.78 is 4.83. The average Bonchev–Trinajstić information content (AvgIpc) is 3.41. The second-order valence-electron chi connectivity index (χ2n) is 7.35. The van der Waals surface area contributed by atoms with Gasteiger partial charge in [0.05, 0.1) is 17.7 Å². The number of esters is 1. The second-order valence-corrected chi connectivity index (χ2v) is 7.79. The Morgan fingerprint density at radius 1 is 1.16 bits per heavy atom. The second kappa shape index (κ2) is 8.73. The molecule has 0 radical (unpaired) electrons. The number of anilines is 1. The number of H-pyrrole nitrogens is 2. The Hall–Kier alpha value is -3.46. The van der Waals surface area contributed by atoms with Gasteiger partial charge in [-0.2, -0.15) is 0 Å². The molecule has 0 aliphatic carbocycles. The molecule has 9 nitrogen and oxygen atoms in total. The number of aromatic amines is 2. The van der Waals surface area contributed by atoms with Crippen molar-refractivity contribution in [2.24, 2.45) is 0 Å². The molecule has 0 bridgehead atoms. The number of nitrogens with one attached hydrogen (secondary N) is 4. The molecule has 4 N–H and O–H groups in total. The lowest BCUT2D eigenvalue weighted by atomic mass is 10.0. The molecule has 0 unspecified atom stereocenters. The van der Waals surface area contributed by atoms with Gasteiger partial charge in [-0.25, -0.2) is 9.59 Å². The molecule has 3 aromatic rings. The minimum atomic E-state index is -0.478. The van der Waals surface area contributed by atoms with Crippen molar-refractivity contribution in [2.45, 2.75) is 18.9 Å². The highest BCUT2D eigenvalue weighted by atomic mass is 35.5. The Bertz CT molecular complexity index is 1130. The third-order valence-corrected chi connectivity index (χ3v) is 5.55. The summed E-state index contributed by atoms with van der Waals surface area (Å²) in [6, 6.07) is 6.29. The van der Waals surface area contributed by atoms with Crippen LogP contribution in [0.25, 0.3) is 10.9 Å². The Balaban J connectivity index is 1.35. The number of carbonyl (C=O) groups is 3. The fourth-order valence-corrected chi connectivity index (χ4v) is 3.92. The normalized spacial score (nSPS) is 14.5. The Morgan fingerprint density at radius 2 is 1.94 bits per heavy atom. The monoisotopic (exact) mass is 443 g/mol. The van der Waals surface area contributed by atoms with E-state index in [1.165, 1.54) is 7.11 Å². The third-order valence-electron chi connectivity index (χ3n) is 5.33. The highest BCUT2D eigenvalue weighted by molar-refractivity contribution is 6.31. The van der Waals surface area contributed by atoms with Crippen LogP contribution < -0.4 is 10.6 Å². The van der Waals surface area contributed by atoms with Gasteiger partial charge in [0, 0.05) is 48.1 Å². The lowest BCUT2D eigenvalue weighted by Gasteiger charge is -2.32. The zero-order valence-corrected chi connectivity index (χ0v) is 17.6. The van der Waals surface area contributed by atoms with E-state index in [4.69, 9.17) is 16.3 Å². The van der Waals surface area contributed by atoms with Crippen molar-refractivity contribution in [3.8, 4) is 0 Å². The van der Waals surface area contributed by atoms with E-state index >= 15 is 0 Å². The van der Waals surface area contributed by atoms with E-state index in [9.17, 15) is 14.4 Å². The molecule has 3 amide bonds. The average molecular weight is 444 g/mol. The number of carbonyl (C=O) groups excluding carboxylic acids is 3. The first-order valence-corrected chi connectivity index (χ1v) is 10.2. The molecule has 1 fully saturated rings. The molecule has 1 aromatic carbocycles. The number of amides is 3. The van der Waals surface area contributed by atoms with Crippen molar-refractivity contribution in [3.05, 3.63) is 52.9 Å². The molecule has 10 heteroatoms. The number of likely N-dealkylation sites (tertiary alicyclic amines) is 1. The quantitative estimate of drug-likeness (QED) is 0.462. The Kier molecular flexibility index (Phi) is 5.85. The number of hydrogen-bond acceptors (Lipinski definition) is 4. The van der Waals surface area contributed by atoms with E-state index in [-0.39, 0.29) is 18.0 Å². The fraction of sp³-hybridized carbons (Fsp3) is 0.286. The van der Waals surface area contributed by atoms with Gasteiger partial charge in [0.15, 0.2) is 0 Å². The molecule has 2 aromatic heterocycles. The molecule has 4 rings (SSSR count). The number of aromatic nitrogens is 2. The number of piperidine rings is 1. The van der Waals surface area contributed by atoms with Gasteiger partial charge in [-0.05, 0) is 37.1 Å². The van der Waals surface area contributed by atoms with Crippen molar-refractivity contribution >= 4 is 46.1 Å². The maximum Gasteiger partial charge on any atom is 0.338 e. The molecular formula is C21H22ClN5O4. The van der Waals surface area contributed by atoms with Gasteiger partial charge in [-0.1, -0.05) is 11.6 Å². The fourth-order valence-electron chi connectivity index (χ4n) is 3.76. The largest absolute Gasteiger partial charge is 0.465 e. The standard InChI is InChI=1S/C21H22ClN5O4/c1-31-20(29)16-9-14(10-17-15(16)2-5-23-17)26-21(30)25-13-3-6-27(7-4-13)19(28)18-8-12(22)11-24-18/h2,5,8-11,13,23-24H,3-4,6-7H2,1H3,(H2,25,26,30). The van der Waals surface area contributed by atoms with Crippen LogP contribution in [0.1, 0.15) is 33.7 Å². The number of halogens is 1. The first kappa shape index (κ1) is 20.8. The molecular weight excluding hydrogens is 422 g/mol. The molecule has 1 aliphatic rings. The zero-order valence-electron chi connectivity index (χ0n) is 16.8. The van der Waals surface area contributed by atoms with E-state index in [0.29, 0.717) is 47.9 Å². The van der Waals surface area contributed by atoms with E-state index in [0.717, 1.165) is 10.9 Å². The number of nitrogens with zero attached hydrogens (tertiary/aromatic N) is 1. The molecule has 1 saturated heterocycles. The van der Waals surface area contributed by atoms with E-state index in [1.54, 1.807) is 41.6 Å². The summed E-state index contributed by atoms with van der Waals surface area (Å²) in [7, 11) is 1.31. The summed E-state index contributed by atoms with van der Waals surface area (Å²) in [5.41, 5.74) is 2.02. The van der Waals surface area contributed by atoms with Crippen LogP contribution in [0.5, 0.6) is 0 Å². The van der Waals surface area contributed by atoms with Crippen molar-refractivity contribution in [1.29, 1.82) is 0 Å². The van der Waals surface area contributed by atoms with Crippen molar-refractivity contribution in [1.82, 2.24) is 20.2 Å². The summed E-state index contributed by atoms with van der Waals surface area (Å²) in [6.07, 6.45) is 4.56. The Labute approximate surface area is 183 Å². The van der Waals surface area contributed by atoms with Crippen LogP contribution in [0.15, 0.2) is 36.7 Å². The molecule has 0 spiro atoms. The SMILES string of the molecule is COC(=O)c1cc(NC(=O)NC2CCN(C(=O)c3cc(Cl)c[nH]3)CC2)cc2[nH]ccc12. The molecule has 3 heterocycles. The maximum atomic E-state index is 12.5. The minimum Gasteiger partial charge on any atom is -0.465 e. The summed E-state index contributed by atoms with van der Waals surface area (Å²) in [4.78, 5) is 44.7. The van der Waals surface area contributed by atoms with E-state index < -0.39 is 5.97 Å². The van der Waals surface area contributed by atoms with E-state index in [1.807, 2.05) is 0 Å². The van der Waals surface area contributed by atoms with Gasteiger partial charge in [0.1, 0.15) is 5.69 Å². The summed E-state index contributed by atoms with van der Waals surface area (Å²) >= 11 is 5.87. The van der Waals surface area contributed by atoms with E-state index in [2.05, 4.69) is 20.6 Å². The number of rotatable bonds is 4. The first-order valence-electron chi connectivity index (χ1n) is 9.85. The lowest BCUT2D eigenvalue weighted by Crippen LogP contribution is -2.47. The third kappa shape index (κ3) is 4.51. The van der Waals surface area contributed by atoms with Crippen molar-refractivity contribution < 1.29 is 19.1 Å². The first-order chi connectivity index (χ1) is 14.9. The molecule has 31 heavy (non-hydrogen) atoms. The van der Waals surface area contributed by atoms with Crippen LogP contribution >= 0.6 is 11.6 Å². The van der Waals surface area contributed by atoms with Crippen molar-refractivity contribution in [2.75, 3.05) is 25.5 Å². The van der Waals surface area contributed by atoms with Crippen LogP contribution in [0.4, 0.5) is 10.5 Å². The zero-order chi connectivity index (χ0) is 22.0. The van der Waals surface area contributed by atoms with Gasteiger partial charge < -0.3 is 30.2 Å². The highest BCUT2D eigenvalue weighted by Gasteiger charge is 2.25. The maximum absolute atomic E-state index is 12.5. The van der Waals surface area contributed by atoms with Gasteiger partial charge in [0.25, 0.3) is 5.91 Å². The van der Waals surface area contributed by atoms with Crippen LogP contribution in [0.2, 0.25) is 5.02 Å². The number of hydrogen-bond donors (Lipinski definition) is 4. The molecule has 162 valence electrons.